The molecule has 1 N–H and O–H groups in total. The van der Waals surface area contributed by atoms with Crippen molar-refractivity contribution in [1.29, 1.82) is 10.5 Å². The van der Waals surface area contributed by atoms with Gasteiger partial charge in [0.05, 0.1) is 32.4 Å². The lowest BCUT2D eigenvalue weighted by Gasteiger charge is -2.00. The zero-order valence-corrected chi connectivity index (χ0v) is 13.5. The van der Waals surface area contributed by atoms with Crippen LogP contribution in [0.15, 0.2) is 48.5 Å². The average Bonchev–Trinajstić information content (AvgIpc) is 3.06. The molecule has 3 rings (SSSR count). The van der Waals surface area contributed by atoms with Crippen molar-refractivity contribution >= 4 is 11.4 Å². The van der Waals surface area contributed by atoms with Crippen molar-refractivity contribution in [2.45, 2.75) is 0 Å². The fourth-order valence-electron chi connectivity index (χ4n) is 2.66. The molecule has 130 valence electrons. The summed E-state index contributed by atoms with van der Waals surface area (Å²) < 4.78 is 0. The minimum atomic E-state index is -0.535. The van der Waals surface area contributed by atoms with Crippen molar-refractivity contribution in [2.75, 3.05) is 0 Å². The van der Waals surface area contributed by atoms with Crippen LogP contribution in [0.2, 0.25) is 0 Å². The summed E-state index contributed by atoms with van der Waals surface area (Å²) in [6.07, 6.45) is 0. The van der Waals surface area contributed by atoms with E-state index in [-0.39, 0.29) is 22.5 Å². The average molecular weight is 359 g/mol. The maximum atomic E-state index is 10.8. The molecular weight excluding hydrogens is 350 g/mol. The Bertz CT molecular complexity index is 1040. The Labute approximate surface area is 152 Å². The van der Waals surface area contributed by atoms with Crippen molar-refractivity contribution in [3.05, 3.63) is 79.9 Å². The maximum absolute atomic E-state index is 10.8. The lowest BCUT2D eigenvalue weighted by Crippen LogP contribution is -1.88. The number of nitro benzene ring substituents is 2. The van der Waals surface area contributed by atoms with Gasteiger partial charge in [0.25, 0.3) is 11.4 Å². The van der Waals surface area contributed by atoms with Gasteiger partial charge in [0.1, 0.15) is 12.1 Å². The Morgan fingerprint density at radius 3 is 1.30 bits per heavy atom. The second-order valence-corrected chi connectivity index (χ2v) is 5.46. The van der Waals surface area contributed by atoms with Crippen molar-refractivity contribution < 1.29 is 9.85 Å². The molecule has 0 spiro atoms. The number of nitriles is 2. The Balaban J connectivity index is 2.15. The molecular formula is C18H9N5O4. The van der Waals surface area contributed by atoms with Crippen LogP contribution in [0.25, 0.3) is 22.5 Å². The SMILES string of the molecule is N#Cc1c(-c2ccc([N+](=O)[O-])cc2)[nH]c(-c2ccc([N+](=O)[O-])cc2)c1C#N. The Kier molecular flexibility index (Phi) is 4.35. The molecule has 0 saturated carbocycles. The van der Waals surface area contributed by atoms with Crippen LogP contribution in [0.4, 0.5) is 11.4 Å². The summed E-state index contributed by atoms with van der Waals surface area (Å²) in [4.78, 5) is 23.5. The number of H-pyrrole nitrogens is 1. The number of nitrogens with zero attached hydrogens (tertiary/aromatic N) is 4. The maximum Gasteiger partial charge on any atom is 0.269 e. The lowest BCUT2D eigenvalue weighted by atomic mass is 10.0. The zero-order chi connectivity index (χ0) is 19.6. The molecule has 0 fully saturated rings. The molecule has 0 amide bonds. The highest BCUT2D eigenvalue weighted by Crippen LogP contribution is 2.34. The van der Waals surface area contributed by atoms with Crippen LogP contribution in [-0.4, -0.2) is 14.8 Å². The second-order valence-electron chi connectivity index (χ2n) is 5.46. The van der Waals surface area contributed by atoms with Crippen LogP contribution in [0.1, 0.15) is 11.1 Å². The van der Waals surface area contributed by atoms with Crippen LogP contribution in [-0.2, 0) is 0 Å². The fourth-order valence-corrected chi connectivity index (χ4v) is 2.66. The third kappa shape index (κ3) is 3.08. The molecule has 0 aliphatic heterocycles. The number of nitrogens with one attached hydrogen (secondary N) is 1. The largest absolute Gasteiger partial charge is 0.352 e. The molecule has 0 saturated heterocycles. The summed E-state index contributed by atoms with van der Waals surface area (Å²) in [7, 11) is 0. The van der Waals surface area contributed by atoms with E-state index < -0.39 is 9.85 Å². The van der Waals surface area contributed by atoms with Gasteiger partial charge < -0.3 is 4.98 Å². The molecule has 3 aromatic rings. The van der Waals surface area contributed by atoms with Gasteiger partial charge in [0, 0.05) is 24.3 Å². The minimum absolute atomic E-state index is 0.0969. The molecule has 0 atom stereocenters. The first-order valence-electron chi connectivity index (χ1n) is 7.52. The van der Waals surface area contributed by atoms with Gasteiger partial charge >= 0.3 is 0 Å². The van der Waals surface area contributed by atoms with Gasteiger partial charge in [-0.1, -0.05) is 0 Å². The van der Waals surface area contributed by atoms with E-state index >= 15 is 0 Å². The number of nitro groups is 2. The van der Waals surface area contributed by atoms with Crippen LogP contribution >= 0.6 is 0 Å². The van der Waals surface area contributed by atoms with Crippen molar-refractivity contribution in [1.82, 2.24) is 4.98 Å². The Hall–Kier alpha value is -4.50. The molecule has 0 aliphatic rings. The Morgan fingerprint density at radius 1 is 0.704 bits per heavy atom. The molecule has 0 radical (unpaired) electrons. The number of hydrogen-bond donors (Lipinski definition) is 1. The lowest BCUT2D eigenvalue weighted by molar-refractivity contribution is -0.385. The van der Waals surface area contributed by atoms with Crippen LogP contribution in [0.5, 0.6) is 0 Å². The number of rotatable bonds is 4. The van der Waals surface area contributed by atoms with Gasteiger partial charge in [-0.15, -0.1) is 0 Å². The summed E-state index contributed by atoms with van der Waals surface area (Å²) >= 11 is 0. The fraction of sp³-hybridized carbons (Fsp3) is 0. The summed E-state index contributed by atoms with van der Waals surface area (Å²) in [6.45, 7) is 0. The third-order valence-corrected chi connectivity index (χ3v) is 3.96. The molecule has 9 nitrogen and oxygen atoms in total. The van der Waals surface area contributed by atoms with E-state index in [4.69, 9.17) is 0 Å². The first-order valence-corrected chi connectivity index (χ1v) is 7.52. The monoisotopic (exact) mass is 359 g/mol. The van der Waals surface area contributed by atoms with E-state index in [1.165, 1.54) is 48.5 Å². The number of benzene rings is 2. The van der Waals surface area contributed by atoms with Crippen molar-refractivity contribution in [3.63, 3.8) is 0 Å². The number of non-ortho nitro benzene ring substituents is 2. The topological polar surface area (TPSA) is 150 Å². The van der Waals surface area contributed by atoms with Gasteiger partial charge in [0.2, 0.25) is 0 Å². The van der Waals surface area contributed by atoms with Crippen molar-refractivity contribution in [3.8, 4) is 34.7 Å². The number of aromatic nitrogens is 1. The standard InChI is InChI=1S/C18H9N5O4/c19-9-15-16(10-20)18(12-3-7-14(8-4-12)23(26)27)21-17(15)11-1-5-13(6-2-11)22(24)25/h1-8,21H. The van der Waals surface area contributed by atoms with E-state index in [2.05, 4.69) is 4.98 Å². The minimum Gasteiger partial charge on any atom is -0.352 e. The molecule has 9 heteroatoms. The van der Waals surface area contributed by atoms with E-state index in [0.29, 0.717) is 22.5 Å². The molecule has 1 heterocycles. The van der Waals surface area contributed by atoms with Gasteiger partial charge in [-0.05, 0) is 35.4 Å². The first-order chi connectivity index (χ1) is 13.0. The zero-order valence-electron chi connectivity index (χ0n) is 13.5. The summed E-state index contributed by atoms with van der Waals surface area (Å²) in [5.74, 6) is 0. The van der Waals surface area contributed by atoms with E-state index in [0.717, 1.165) is 0 Å². The Morgan fingerprint density at radius 2 is 1.04 bits per heavy atom. The second kappa shape index (κ2) is 6.78. The first kappa shape index (κ1) is 17.3. The molecule has 2 aromatic carbocycles. The molecule has 1 aromatic heterocycles. The summed E-state index contributed by atoms with van der Waals surface area (Å²) in [6, 6.07) is 15.1. The molecule has 0 bridgehead atoms. The highest BCUT2D eigenvalue weighted by molar-refractivity contribution is 5.81. The smallest absolute Gasteiger partial charge is 0.269 e. The predicted molar refractivity (Wildman–Crippen MR) is 94.4 cm³/mol. The number of aromatic amines is 1. The van der Waals surface area contributed by atoms with Gasteiger partial charge in [-0.3, -0.25) is 20.2 Å². The quantitative estimate of drug-likeness (QED) is 0.551. The molecule has 0 unspecified atom stereocenters. The van der Waals surface area contributed by atoms with E-state index in [9.17, 15) is 30.8 Å². The predicted octanol–water partition coefficient (Wildman–Crippen LogP) is 3.91. The number of hydrogen-bond acceptors (Lipinski definition) is 6. The molecule has 0 aliphatic carbocycles. The van der Waals surface area contributed by atoms with Crippen LogP contribution < -0.4 is 0 Å². The highest BCUT2D eigenvalue weighted by atomic mass is 16.6. The summed E-state index contributed by atoms with van der Waals surface area (Å²) in [5.41, 5.74) is 1.69. The normalized spacial score (nSPS) is 10.0. The highest BCUT2D eigenvalue weighted by Gasteiger charge is 2.20. The van der Waals surface area contributed by atoms with Gasteiger partial charge in [-0.2, -0.15) is 10.5 Å². The molecule has 27 heavy (non-hydrogen) atoms. The van der Waals surface area contributed by atoms with Gasteiger partial charge in [-0.25, -0.2) is 0 Å². The van der Waals surface area contributed by atoms with Crippen molar-refractivity contribution in [2.24, 2.45) is 0 Å². The van der Waals surface area contributed by atoms with Crippen LogP contribution in [0.3, 0.4) is 0 Å². The third-order valence-electron chi connectivity index (χ3n) is 3.96. The van der Waals surface area contributed by atoms with E-state index in [1.54, 1.807) is 0 Å². The van der Waals surface area contributed by atoms with Gasteiger partial charge in [0.15, 0.2) is 0 Å². The summed E-state index contributed by atoms with van der Waals surface area (Å²) in [5, 5.41) is 40.6. The van der Waals surface area contributed by atoms with E-state index in [1.807, 2.05) is 12.1 Å². The van der Waals surface area contributed by atoms with Crippen LogP contribution in [0, 0.1) is 42.9 Å².